The van der Waals surface area contributed by atoms with E-state index in [2.05, 4.69) is 16.3 Å². The molecule has 6 heteroatoms. The van der Waals surface area contributed by atoms with Crippen molar-refractivity contribution in [2.24, 2.45) is 0 Å². The molecule has 0 atom stereocenters. The molecule has 1 rings (SSSR count). The first-order valence-electron chi connectivity index (χ1n) is 3.81. The van der Waals surface area contributed by atoms with Crippen molar-refractivity contribution in [3.63, 3.8) is 0 Å². The lowest BCUT2D eigenvalue weighted by atomic mass is 10.1. The van der Waals surface area contributed by atoms with Gasteiger partial charge in [-0.25, -0.2) is 4.39 Å². The van der Waals surface area contributed by atoms with Crippen LogP contribution in [0, 0.1) is 5.82 Å². The highest BCUT2D eigenvalue weighted by molar-refractivity contribution is 6.35. The molecule has 0 aliphatic heterocycles. The molecule has 15 heavy (non-hydrogen) atoms. The van der Waals surface area contributed by atoms with Gasteiger partial charge in [-0.05, 0) is 23.7 Å². The summed E-state index contributed by atoms with van der Waals surface area (Å²) < 4.78 is 42.2. The molecule has 0 aromatic heterocycles. The van der Waals surface area contributed by atoms with Crippen LogP contribution in [-0.4, -0.2) is 18.3 Å². The number of Topliss-reactive ketones (excluding diaryl/α,β-unsaturated/α-hetero) is 1. The van der Waals surface area contributed by atoms with E-state index in [1.54, 1.807) is 0 Å². The maximum absolute atomic E-state index is 12.7. The lowest BCUT2D eigenvalue weighted by Crippen LogP contribution is -2.22. The first-order valence-corrected chi connectivity index (χ1v) is 4.19. The SMILES string of the molecule is COc1cc(F)ccc1C(=O)C(F)(F)Cl. The van der Waals surface area contributed by atoms with Crippen LogP contribution >= 0.6 is 11.6 Å². The van der Waals surface area contributed by atoms with E-state index < -0.39 is 22.5 Å². The number of carbonyl (C=O) groups excluding carboxylic acids is 1. The van der Waals surface area contributed by atoms with Gasteiger partial charge in [0.25, 0.3) is 5.78 Å². The number of benzene rings is 1. The highest BCUT2D eigenvalue weighted by Gasteiger charge is 2.38. The summed E-state index contributed by atoms with van der Waals surface area (Å²) >= 11 is 4.55. The van der Waals surface area contributed by atoms with Crippen molar-refractivity contribution in [1.29, 1.82) is 0 Å². The second kappa shape index (κ2) is 4.10. The van der Waals surface area contributed by atoms with Gasteiger partial charge in [-0.15, -0.1) is 0 Å². The van der Waals surface area contributed by atoms with Crippen LogP contribution < -0.4 is 4.74 Å². The van der Waals surface area contributed by atoms with Crippen LogP contribution in [0.4, 0.5) is 13.2 Å². The molecule has 1 aromatic rings. The van der Waals surface area contributed by atoms with Gasteiger partial charge in [-0.3, -0.25) is 4.79 Å². The number of methoxy groups -OCH3 is 1. The number of rotatable bonds is 3. The molecule has 0 aliphatic carbocycles. The van der Waals surface area contributed by atoms with E-state index in [0.29, 0.717) is 0 Å². The Balaban J connectivity index is 3.20. The van der Waals surface area contributed by atoms with Crippen molar-refractivity contribution >= 4 is 17.4 Å². The van der Waals surface area contributed by atoms with Crippen molar-refractivity contribution in [2.75, 3.05) is 7.11 Å². The maximum atomic E-state index is 12.7. The number of hydrogen-bond donors (Lipinski definition) is 0. The van der Waals surface area contributed by atoms with Crippen LogP contribution in [-0.2, 0) is 0 Å². The largest absolute Gasteiger partial charge is 0.496 e. The summed E-state index contributed by atoms with van der Waals surface area (Å²) in [6, 6.07) is 2.60. The average molecular weight is 239 g/mol. The molecule has 0 fully saturated rings. The lowest BCUT2D eigenvalue weighted by molar-refractivity contribution is 0.0533. The van der Waals surface area contributed by atoms with Crippen LogP contribution in [0.25, 0.3) is 0 Å². The van der Waals surface area contributed by atoms with Crippen LogP contribution in [0.15, 0.2) is 18.2 Å². The highest BCUT2D eigenvalue weighted by Crippen LogP contribution is 2.29. The standard InChI is InChI=1S/C9H6ClF3O2/c1-15-7-4-5(11)2-3-6(7)8(14)9(10,12)13/h2-4H,1H3. The average Bonchev–Trinajstić information content (AvgIpc) is 2.15. The normalized spacial score (nSPS) is 11.3. The molecule has 0 aliphatic rings. The molecule has 0 radical (unpaired) electrons. The minimum absolute atomic E-state index is 0.277. The summed E-state index contributed by atoms with van der Waals surface area (Å²) in [5.41, 5.74) is -0.459. The van der Waals surface area contributed by atoms with Gasteiger partial charge in [0.2, 0.25) is 0 Å². The predicted octanol–water partition coefficient (Wildman–Crippen LogP) is 2.85. The zero-order valence-electron chi connectivity index (χ0n) is 7.56. The Morgan fingerprint density at radius 3 is 2.53 bits per heavy atom. The van der Waals surface area contributed by atoms with Crippen molar-refractivity contribution in [3.8, 4) is 5.75 Å². The van der Waals surface area contributed by atoms with E-state index in [4.69, 9.17) is 0 Å². The predicted molar refractivity (Wildman–Crippen MR) is 48.1 cm³/mol. The summed E-state index contributed by atoms with van der Waals surface area (Å²) in [5.74, 6) is -2.59. The molecule has 0 heterocycles. The minimum atomic E-state index is -4.02. The summed E-state index contributed by atoms with van der Waals surface area (Å²) in [5, 5.41) is -4.02. The molecule has 1 aromatic carbocycles. The van der Waals surface area contributed by atoms with Gasteiger partial charge in [0.1, 0.15) is 11.6 Å². The smallest absolute Gasteiger partial charge is 0.385 e. The van der Waals surface area contributed by atoms with Gasteiger partial charge in [-0.2, -0.15) is 8.78 Å². The van der Waals surface area contributed by atoms with Gasteiger partial charge >= 0.3 is 5.38 Å². The Kier molecular flexibility index (Phi) is 3.24. The molecular weight excluding hydrogens is 233 g/mol. The third-order valence-corrected chi connectivity index (χ3v) is 1.84. The summed E-state index contributed by atoms with van der Waals surface area (Å²) in [6.07, 6.45) is 0. The summed E-state index contributed by atoms with van der Waals surface area (Å²) in [4.78, 5) is 11.1. The third kappa shape index (κ3) is 2.62. The highest BCUT2D eigenvalue weighted by atomic mass is 35.5. The fourth-order valence-electron chi connectivity index (χ4n) is 1.01. The van der Waals surface area contributed by atoms with Crippen LogP contribution in [0.1, 0.15) is 10.4 Å². The number of ether oxygens (including phenoxy) is 1. The number of carbonyl (C=O) groups is 1. The van der Waals surface area contributed by atoms with E-state index in [1.807, 2.05) is 0 Å². The van der Waals surface area contributed by atoms with Crippen LogP contribution in [0.3, 0.4) is 0 Å². The van der Waals surface area contributed by atoms with Crippen molar-refractivity contribution in [1.82, 2.24) is 0 Å². The second-order valence-electron chi connectivity index (χ2n) is 2.67. The number of hydrogen-bond acceptors (Lipinski definition) is 2. The summed E-state index contributed by atoms with van der Waals surface area (Å²) in [7, 11) is 1.14. The first kappa shape index (κ1) is 11.8. The fourth-order valence-corrected chi connectivity index (χ4v) is 1.11. The molecule has 0 amide bonds. The van der Waals surface area contributed by atoms with E-state index in [0.717, 1.165) is 25.3 Å². The molecule has 82 valence electrons. The molecule has 0 saturated carbocycles. The molecule has 0 saturated heterocycles. The minimum Gasteiger partial charge on any atom is -0.496 e. The first-order chi connectivity index (χ1) is 6.86. The lowest BCUT2D eigenvalue weighted by Gasteiger charge is -2.10. The Morgan fingerprint density at radius 1 is 1.47 bits per heavy atom. The molecule has 0 unspecified atom stereocenters. The molecule has 2 nitrogen and oxygen atoms in total. The third-order valence-electron chi connectivity index (χ3n) is 1.67. The van der Waals surface area contributed by atoms with E-state index in [1.165, 1.54) is 0 Å². The number of alkyl halides is 3. The van der Waals surface area contributed by atoms with Gasteiger partial charge in [0, 0.05) is 6.07 Å². The Labute approximate surface area is 88.6 Å². The van der Waals surface area contributed by atoms with Crippen molar-refractivity contribution < 1.29 is 22.7 Å². The zero-order chi connectivity index (χ0) is 11.6. The Hall–Kier alpha value is -1.23. The fraction of sp³-hybridized carbons (Fsp3) is 0.222. The zero-order valence-corrected chi connectivity index (χ0v) is 8.32. The van der Waals surface area contributed by atoms with Crippen LogP contribution in [0.5, 0.6) is 5.75 Å². The van der Waals surface area contributed by atoms with Crippen molar-refractivity contribution in [3.05, 3.63) is 29.6 Å². The monoisotopic (exact) mass is 238 g/mol. The topological polar surface area (TPSA) is 26.3 Å². The van der Waals surface area contributed by atoms with E-state index in [-0.39, 0.29) is 5.75 Å². The van der Waals surface area contributed by atoms with Gasteiger partial charge < -0.3 is 4.74 Å². The second-order valence-corrected chi connectivity index (χ2v) is 3.15. The van der Waals surface area contributed by atoms with Crippen molar-refractivity contribution in [2.45, 2.75) is 5.38 Å². The molecule has 0 bridgehead atoms. The van der Waals surface area contributed by atoms with Gasteiger partial charge in [0.15, 0.2) is 0 Å². The number of ketones is 1. The molecular formula is C9H6ClF3O2. The van der Waals surface area contributed by atoms with E-state index in [9.17, 15) is 18.0 Å². The Morgan fingerprint density at radius 2 is 2.07 bits per heavy atom. The maximum Gasteiger partial charge on any atom is 0.385 e. The molecule has 0 spiro atoms. The quantitative estimate of drug-likeness (QED) is 0.598. The number of halogens is 4. The summed E-state index contributed by atoms with van der Waals surface area (Å²) in [6.45, 7) is 0. The molecule has 0 N–H and O–H groups in total. The van der Waals surface area contributed by atoms with Gasteiger partial charge in [-0.1, -0.05) is 0 Å². The van der Waals surface area contributed by atoms with E-state index >= 15 is 0 Å². The van der Waals surface area contributed by atoms with Crippen LogP contribution in [0.2, 0.25) is 0 Å². The Bertz CT molecular complexity index is 387. The van der Waals surface area contributed by atoms with Gasteiger partial charge in [0.05, 0.1) is 12.7 Å².